The van der Waals surface area contributed by atoms with E-state index in [1.807, 2.05) is 0 Å². The van der Waals surface area contributed by atoms with Crippen molar-refractivity contribution < 1.29 is 18.0 Å². The maximum Gasteiger partial charge on any atom is 0.263 e. The fourth-order valence-electron chi connectivity index (χ4n) is 1.55. The topological polar surface area (TPSA) is 21.6 Å². The molecule has 0 amide bonds. The molecule has 0 saturated heterocycles. The Bertz CT molecular complexity index is 599. The summed E-state index contributed by atoms with van der Waals surface area (Å²) in [6, 6.07) is 11.8. The molecule has 103 valence electrons. The van der Waals surface area contributed by atoms with E-state index in [2.05, 4.69) is 11.4 Å². The molecular weight excluding hydrogens is 267 g/mol. The third kappa shape index (κ3) is 3.85. The molecule has 0 unspecified atom stereocenters. The summed E-state index contributed by atoms with van der Waals surface area (Å²) < 4.78 is 38.2. The summed E-state index contributed by atoms with van der Waals surface area (Å²) in [7, 11) is 0. The van der Waals surface area contributed by atoms with Gasteiger partial charge in [0.05, 0.1) is 0 Å². The average molecular weight is 278 g/mol. The van der Waals surface area contributed by atoms with Crippen LogP contribution in [0.5, 0.6) is 0 Å². The molecule has 0 spiro atoms. The third-order valence-corrected chi connectivity index (χ3v) is 2.56. The highest BCUT2D eigenvalue weighted by Gasteiger charge is 2.06. The highest BCUT2D eigenvalue weighted by Crippen LogP contribution is 2.18. The summed E-state index contributed by atoms with van der Waals surface area (Å²) in [5.74, 6) is -0.387. The molecular formula is C15H11F3NO. The molecule has 0 aliphatic carbocycles. The third-order valence-electron chi connectivity index (χ3n) is 2.56. The summed E-state index contributed by atoms with van der Waals surface area (Å²) in [4.78, 5) is 4.89. The lowest BCUT2D eigenvalue weighted by molar-refractivity contribution is 0.129. The predicted octanol–water partition coefficient (Wildman–Crippen LogP) is 4.19. The molecule has 0 heterocycles. The first-order valence-corrected chi connectivity index (χ1v) is 5.86. The molecule has 20 heavy (non-hydrogen) atoms. The molecule has 1 radical (unpaired) electrons. The van der Waals surface area contributed by atoms with Crippen molar-refractivity contribution in [2.45, 2.75) is 13.0 Å². The number of rotatable bonds is 5. The molecule has 2 aromatic rings. The zero-order chi connectivity index (χ0) is 14.4. The van der Waals surface area contributed by atoms with Crippen molar-refractivity contribution in [1.29, 1.82) is 0 Å². The molecule has 0 aliphatic rings. The monoisotopic (exact) mass is 278 g/mol. The van der Waals surface area contributed by atoms with Gasteiger partial charge in [0.25, 0.3) is 6.43 Å². The summed E-state index contributed by atoms with van der Waals surface area (Å²) in [6.07, 6.45) is -0.0687. The Kier molecular flexibility index (Phi) is 4.76. The molecule has 0 bridgehead atoms. The van der Waals surface area contributed by atoms with Crippen LogP contribution in [0, 0.1) is 5.82 Å². The standard InChI is InChI=1S/C15H11F3NO/c16-14-7-2-1-5-13(14)10-20-19-9-11-4-3-6-12(8-11)15(17)18/h1-8,15H,10H2. The predicted molar refractivity (Wildman–Crippen MR) is 69.1 cm³/mol. The lowest BCUT2D eigenvalue weighted by atomic mass is 10.1. The summed E-state index contributed by atoms with van der Waals surface area (Å²) >= 11 is 0. The highest BCUT2D eigenvalue weighted by molar-refractivity contribution is 5.79. The van der Waals surface area contributed by atoms with Crippen molar-refractivity contribution in [3.8, 4) is 0 Å². The van der Waals surface area contributed by atoms with E-state index in [9.17, 15) is 13.2 Å². The minimum absolute atomic E-state index is 0.0474. The Hall–Kier alpha value is -2.30. The number of hydrogen-bond acceptors (Lipinski definition) is 2. The van der Waals surface area contributed by atoms with Gasteiger partial charge in [0, 0.05) is 16.7 Å². The Morgan fingerprint density at radius 1 is 1.10 bits per heavy atom. The van der Waals surface area contributed by atoms with Crippen LogP contribution >= 0.6 is 0 Å². The minimum Gasteiger partial charge on any atom is -0.390 e. The molecule has 0 atom stereocenters. The summed E-state index contributed by atoms with van der Waals surface area (Å²) in [6.45, 7) is -0.0474. The van der Waals surface area contributed by atoms with Crippen LogP contribution in [0.1, 0.15) is 23.1 Å². The number of benzene rings is 2. The molecule has 2 rings (SSSR count). The van der Waals surface area contributed by atoms with Crippen LogP contribution < -0.4 is 0 Å². The number of halogens is 3. The first-order valence-electron chi connectivity index (χ1n) is 5.86. The van der Waals surface area contributed by atoms with Crippen LogP contribution in [0.3, 0.4) is 0 Å². The van der Waals surface area contributed by atoms with Crippen molar-refractivity contribution in [2.75, 3.05) is 0 Å². The van der Waals surface area contributed by atoms with E-state index in [0.29, 0.717) is 11.1 Å². The number of hydrogen-bond donors (Lipinski definition) is 0. The molecule has 0 N–H and O–H groups in total. The van der Waals surface area contributed by atoms with Gasteiger partial charge in [0.15, 0.2) is 0 Å². The van der Waals surface area contributed by atoms with Gasteiger partial charge >= 0.3 is 0 Å². The van der Waals surface area contributed by atoms with Crippen LogP contribution in [0.25, 0.3) is 0 Å². The van der Waals surface area contributed by atoms with E-state index in [0.717, 1.165) is 0 Å². The van der Waals surface area contributed by atoms with Crippen LogP contribution in [0.15, 0.2) is 53.7 Å². The van der Waals surface area contributed by atoms with Gasteiger partial charge in [-0.2, -0.15) is 0 Å². The van der Waals surface area contributed by atoms with Gasteiger partial charge in [-0.05, 0) is 12.1 Å². The summed E-state index contributed by atoms with van der Waals surface area (Å²) in [5, 5.41) is 3.52. The van der Waals surface area contributed by atoms with Crippen molar-refractivity contribution in [3.63, 3.8) is 0 Å². The van der Waals surface area contributed by atoms with E-state index >= 15 is 0 Å². The van der Waals surface area contributed by atoms with E-state index in [1.165, 1.54) is 24.3 Å². The zero-order valence-corrected chi connectivity index (χ0v) is 10.4. The van der Waals surface area contributed by atoms with E-state index in [-0.39, 0.29) is 18.0 Å². The van der Waals surface area contributed by atoms with Crippen LogP contribution in [0.2, 0.25) is 0 Å². The first-order chi connectivity index (χ1) is 9.66. The van der Waals surface area contributed by atoms with Gasteiger partial charge in [-0.15, -0.1) is 0 Å². The fourth-order valence-corrected chi connectivity index (χ4v) is 1.55. The van der Waals surface area contributed by atoms with Crippen molar-refractivity contribution in [3.05, 3.63) is 71.0 Å². The van der Waals surface area contributed by atoms with E-state index in [1.54, 1.807) is 24.3 Å². The number of alkyl halides is 2. The number of nitrogens with zero attached hydrogens (tertiary/aromatic N) is 1. The molecule has 5 heteroatoms. The second-order valence-electron chi connectivity index (χ2n) is 3.99. The zero-order valence-electron chi connectivity index (χ0n) is 10.4. The van der Waals surface area contributed by atoms with E-state index < -0.39 is 6.43 Å². The van der Waals surface area contributed by atoms with Crippen LogP contribution in [-0.2, 0) is 11.4 Å². The maximum atomic E-state index is 13.3. The first kappa shape index (κ1) is 14.1. The Morgan fingerprint density at radius 2 is 1.90 bits per heavy atom. The van der Waals surface area contributed by atoms with Crippen molar-refractivity contribution in [2.24, 2.45) is 5.16 Å². The fraction of sp³-hybridized carbons (Fsp3) is 0.133. The smallest absolute Gasteiger partial charge is 0.263 e. The normalized spacial score (nSPS) is 11.2. The molecule has 0 fully saturated rings. The van der Waals surface area contributed by atoms with Gasteiger partial charge in [0.1, 0.15) is 18.6 Å². The molecule has 2 nitrogen and oxygen atoms in total. The van der Waals surface area contributed by atoms with Gasteiger partial charge in [-0.3, -0.25) is 0 Å². The van der Waals surface area contributed by atoms with Crippen molar-refractivity contribution in [1.82, 2.24) is 0 Å². The maximum absolute atomic E-state index is 13.3. The van der Waals surface area contributed by atoms with Gasteiger partial charge in [-0.1, -0.05) is 41.6 Å². The van der Waals surface area contributed by atoms with Gasteiger partial charge < -0.3 is 4.84 Å². The minimum atomic E-state index is -2.55. The second kappa shape index (κ2) is 6.75. The van der Waals surface area contributed by atoms with Gasteiger partial charge in [-0.25, -0.2) is 13.2 Å². The molecule has 2 aromatic carbocycles. The molecule has 0 aromatic heterocycles. The largest absolute Gasteiger partial charge is 0.390 e. The Labute approximate surface area is 114 Å². The van der Waals surface area contributed by atoms with Crippen LogP contribution in [0.4, 0.5) is 13.2 Å². The quantitative estimate of drug-likeness (QED) is 0.593. The highest BCUT2D eigenvalue weighted by atomic mass is 19.3. The summed E-state index contributed by atoms with van der Waals surface area (Å²) in [5.41, 5.74) is 0.620. The van der Waals surface area contributed by atoms with E-state index in [4.69, 9.17) is 4.84 Å². The lowest BCUT2D eigenvalue weighted by Crippen LogP contribution is -1.92. The second-order valence-corrected chi connectivity index (χ2v) is 3.99. The average Bonchev–Trinajstić information content (AvgIpc) is 2.45. The van der Waals surface area contributed by atoms with Gasteiger partial charge in [0.2, 0.25) is 0 Å². The SMILES string of the molecule is Fc1ccccc1CO/N=[C]\c1cccc(C(F)F)c1. The Morgan fingerprint density at radius 3 is 2.65 bits per heavy atom. The molecule has 0 aliphatic heterocycles. The van der Waals surface area contributed by atoms with Crippen LogP contribution in [-0.4, -0.2) is 6.21 Å². The van der Waals surface area contributed by atoms with Crippen molar-refractivity contribution >= 4 is 6.21 Å². The lowest BCUT2D eigenvalue weighted by Gasteiger charge is -2.01. The Balaban J connectivity index is 1.94. The molecule has 0 saturated carbocycles.